The minimum atomic E-state index is -0.740. The fourth-order valence-electron chi connectivity index (χ4n) is 7.76. The number of fused-ring (bicyclic) bond motifs is 5. The van der Waals surface area contributed by atoms with Crippen molar-refractivity contribution in [1.29, 1.82) is 0 Å². The second-order valence-corrected chi connectivity index (χ2v) is 9.88. The van der Waals surface area contributed by atoms with Gasteiger partial charge >= 0.3 is 11.9 Å². The number of esters is 2. The Morgan fingerprint density at radius 3 is 2.35 bits per heavy atom. The summed E-state index contributed by atoms with van der Waals surface area (Å²) in [5.74, 6) is 0.393. The maximum atomic E-state index is 13.2. The highest BCUT2D eigenvalue weighted by Crippen LogP contribution is 2.60. The van der Waals surface area contributed by atoms with Crippen LogP contribution in [0.4, 0.5) is 0 Å². The molecule has 0 aromatic rings. The van der Waals surface area contributed by atoms with Crippen molar-refractivity contribution in [3.05, 3.63) is 0 Å². The average molecular weight is 359 g/mol. The average Bonchev–Trinajstić information content (AvgIpc) is 3.23. The third-order valence-corrected chi connectivity index (χ3v) is 8.36. The molecule has 6 nitrogen and oxygen atoms in total. The zero-order valence-corrected chi connectivity index (χ0v) is 14.9. The molecule has 1 amide bonds. The first-order valence-corrected chi connectivity index (χ1v) is 10.2. The van der Waals surface area contributed by atoms with Crippen molar-refractivity contribution in [1.82, 2.24) is 5.32 Å². The van der Waals surface area contributed by atoms with Gasteiger partial charge in [0.05, 0.1) is 12.0 Å². The molecule has 4 saturated carbocycles. The van der Waals surface area contributed by atoms with E-state index in [-0.39, 0.29) is 17.4 Å². The number of hydrogen-bond acceptors (Lipinski definition) is 5. The van der Waals surface area contributed by atoms with Crippen molar-refractivity contribution in [2.24, 2.45) is 35.0 Å². The molecule has 0 unspecified atom stereocenters. The Balaban J connectivity index is 1.21. The minimum absolute atomic E-state index is 0.152. The first-order valence-electron chi connectivity index (χ1n) is 10.2. The molecular formula is C20H25NO5. The maximum absolute atomic E-state index is 13.2. The van der Waals surface area contributed by atoms with Crippen molar-refractivity contribution < 1.29 is 23.9 Å². The van der Waals surface area contributed by atoms with Gasteiger partial charge in [0, 0.05) is 12.0 Å². The van der Waals surface area contributed by atoms with Gasteiger partial charge in [-0.2, -0.15) is 0 Å². The van der Waals surface area contributed by atoms with Gasteiger partial charge in [0.15, 0.2) is 0 Å². The standard InChI is InChI=1S/C20H25NO5/c22-16-14-13-1-2-20(26-13,15(14)17(23)25-16)9-21-18(24)19-6-10-3-11(7-19)5-12(4-10)8-19/h10-15H,1-9H2,(H,21,24)/t10?,11?,12?,13-,14+,15-,19?,20-/m0/s1. The zero-order chi connectivity index (χ0) is 17.7. The number of rotatable bonds is 3. The number of nitrogens with one attached hydrogen (secondary N) is 1. The summed E-state index contributed by atoms with van der Waals surface area (Å²) in [7, 11) is 0. The molecule has 0 radical (unpaired) electrons. The lowest BCUT2D eigenvalue weighted by Crippen LogP contribution is -2.56. The summed E-state index contributed by atoms with van der Waals surface area (Å²) in [6, 6.07) is 0. The molecule has 7 rings (SSSR count). The lowest BCUT2D eigenvalue weighted by Gasteiger charge is -2.55. The molecule has 26 heavy (non-hydrogen) atoms. The summed E-state index contributed by atoms with van der Waals surface area (Å²) >= 11 is 0. The molecule has 6 bridgehead atoms. The van der Waals surface area contributed by atoms with Gasteiger partial charge in [-0.05, 0) is 69.1 Å². The summed E-state index contributed by atoms with van der Waals surface area (Å²) in [6.45, 7) is 0.327. The van der Waals surface area contributed by atoms with Crippen LogP contribution in [-0.2, 0) is 23.9 Å². The second kappa shape index (κ2) is 4.89. The molecule has 0 aromatic heterocycles. The van der Waals surface area contributed by atoms with Crippen LogP contribution >= 0.6 is 0 Å². The highest BCUT2D eigenvalue weighted by Gasteiger charge is 2.69. The van der Waals surface area contributed by atoms with Crippen molar-refractivity contribution in [3.63, 3.8) is 0 Å². The van der Waals surface area contributed by atoms with Crippen molar-refractivity contribution in [2.45, 2.75) is 63.1 Å². The molecule has 3 heterocycles. The van der Waals surface area contributed by atoms with Crippen LogP contribution in [0.1, 0.15) is 51.4 Å². The molecule has 3 aliphatic heterocycles. The van der Waals surface area contributed by atoms with Gasteiger partial charge in [0.2, 0.25) is 5.91 Å². The molecule has 7 aliphatic rings. The van der Waals surface area contributed by atoms with Crippen LogP contribution in [0.3, 0.4) is 0 Å². The third-order valence-electron chi connectivity index (χ3n) is 8.36. The SMILES string of the molecule is O=C1OC(=O)[C@@H]2[C@H]1[C@@H]1CC[C@@]2(CNC(=O)C23CC4CC(CC(C4)C2)C3)O1. The van der Waals surface area contributed by atoms with E-state index in [0.717, 1.165) is 43.4 Å². The summed E-state index contributed by atoms with van der Waals surface area (Å²) < 4.78 is 11.0. The van der Waals surface area contributed by atoms with Crippen LogP contribution in [0.15, 0.2) is 0 Å². The smallest absolute Gasteiger partial charge is 0.320 e. The monoisotopic (exact) mass is 359 g/mol. The van der Waals surface area contributed by atoms with Crippen LogP contribution in [-0.4, -0.2) is 36.1 Å². The fourth-order valence-corrected chi connectivity index (χ4v) is 7.76. The van der Waals surface area contributed by atoms with E-state index >= 15 is 0 Å². The fraction of sp³-hybridized carbons (Fsp3) is 0.850. The first-order chi connectivity index (χ1) is 12.5. The topological polar surface area (TPSA) is 81.7 Å². The van der Waals surface area contributed by atoms with E-state index in [0.29, 0.717) is 13.0 Å². The predicted octanol–water partition coefficient (Wildman–Crippen LogP) is 1.57. The van der Waals surface area contributed by atoms with Crippen LogP contribution in [0.25, 0.3) is 0 Å². The van der Waals surface area contributed by atoms with Crippen LogP contribution in [0.5, 0.6) is 0 Å². The molecule has 4 aliphatic carbocycles. The molecule has 140 valence electrons. The highest BCUT2D eigenvalue weighted by atomic mass is 16.6. The number of cyclic esters (lactones) is 2. The molecule has 0 spiro atoms. The van der Waals surface area contributed by atoms with Crippen molar-refractivity contribution in [3.8, 4) is 0 Å². The van der Waals surface area contributed by atoms with Gasteiger partial charge in [0.1, 0.15) is 11.5 Å². The van der Waals surface area contributed by atoms with Crippen LogP contribution in [0, 0.1) is 35.0 Å². The third kappa shape index (κ3) is 1.89. The maximum Gasteiger partial charge on any atom is 0.320 e. The molecular weight excluding hydrogens is 334 g/mol. The van der Waals surface area contributed by atoms with Gasteiger partial charge in [-0.25, -0.2) is 0 Å². The summed E-state index contributed by atoms with van der Waals surface area (Å²) in [5.41, 5.74) is -0.941. The number of hydrogen-bond donors (Lipinski definition) is 1. The largest absolute Gasteiger partial charge is 0.393 e. The molecule has 7 fully saturated rings. The summed E-state index contributed by atoms with van der Waals surface area (Å²) in [5, 5.41) is 3.17. The van der Waals surface area contributed by atoms with E-state index < -0.39 is 29.4 Å². The molecule has 4 atom stereocenters. The summed E-state index contributed by atoms with van der Waals surface area (Å²) in [4.78, 5) is 37.4. The quantitative estimate of drug-likeness (QED) is 0.611. The Hall–Kier alpha value is -1.43. The van der Waals surface area contributed by atoms with E-state index in [2.05, 4.69) is 5.32 Å². The lowest BCUT2D eigenvalue weighted by atomic mass is 9.49. The number of carbonyl (C=O) groups excluding carboxylic acids is 3. The van der Waals surface area contributed by atoms with E-state index in [1.54, 1.807) is 0 Å². The van der Waals surface area contributed by atoms with Crippen molar-refractivity contribution >= 4 is 17.8 Å². The minimum Gasteiger partial charge on any atom is -0.393 e. The van der Waals surface area contributed by atoms with E-state index in [9.17, 15) is 14.4 Å². The van der Waals surface area contributed by atoms with E-state index in [1.807, 2.05) is 0 Å². The Morgan fingerprint density at radius 1 is 1.04 bits per heavy atom. The second-order valence-electron chi connectivity index (χ2n) is 9.88. The van der Waals surface area contributed by atoms with Crippen LogP contribution in [0.2, 0.25) is 0 Å². The highest BCUT2D eigenvalue weighted by molar-refractivity contribution is 5.98. The van der Waals surface area contributed by atoms with Crippen molar-refractivity contribution in [2.75, 3.05) is 6.54 Å². The normalized spacial score (nSPS) is 53.1. The zero-order valence-electron chi connectivity index (χ0n) is 14.9. The van der Waals surface area contributed by atoms with E-state index in [1.165, 1.54) is 19.3 Å². The van der Waals surface area contributed by atoms with Gasteiger partial charge in [-0.15, -0.1) is 0 Å². The molecule has 6 heteroatoms. The van der Waals surface area contributed by atoms with E-state index in [4.69, 9.17) is 9.47 Å². The first kappa shape index (κ1) is 15.6. The number of carbonyl (C=O) groups is 3. The van der Waals surface area contributed by atoms with Gasteiger partial charge < -0.3 is 14.8 Å². The number of ether oxygens (including phenoxy) is 2. The van der Waals surface area contributed by atoms with Gasteiger partial charge in [-0.3, -0.25) is 14.4 Å². The Labute approximate surface area is 152 Å². The summed E-state index contributed by atoms with van der Waals surface area (Å²) in [6.07, 6.45) is 8.22. The predicted molar refractivity (Wildman–Crippen MR) is 88.5 cm³/mol. The Bertz CT molecular complexity index is 682. The van der Waals surface area contributed by atoms with Gasteiger partial charge in [0.25, 0.3) is 0 Å². The van der Waals surface area contributed by atoms with Gasteiger partial charge in [-0.1, -0.05) is 0 Å². The molecule has 0 aromatic carbocycles. The molecule has 3 saturated heterocycles. The lowest BCUT2D eigenvalue weighted by molar-refractivity contribution is -0.160. The molecule has 1 N–H and O–H groups in total. The number of amides is 1. The Kier molecular flexibility index (Phi) is 2.93. The Morgan fingerprint density at radius 2 is 1.69 bits per heavy atom. The van der Waals surface area contributed by atoms with Crippen LogP contribution < -0.4 is 5.32 Å².